The van der Waals surface area contributed by atoms with E-state index in [0.717, 1.165) is 25.7 Å². The summed E-state index contributed by atoms with van der Waals surface area (Å²) in [6.07, 6.45) is 3.59. The molecule has 1 saturated carbocycles. The minimum absolute atomic E-state index is 0.0181. The van der Waals surface area contributed by atoms with Crippen LogP contribution in [0.25, 0.3) is 0 Å². The Hall–Kier alpha value is -2.41. The van der Waals surface area contributed by atoms with E-state index < -0.39 is 0 Å². The highest BCUT2D eigenvalue weighted by molar-refractivity contribution is 5.94. The SMILES string of the molecule is COCC(=O)N1CCN(C(=O)c2ccc(C(C)C)cc2)CCNC(=O)[C@H]2CCCC[C@H]21. The first-order valence-electron chi connectivity index (χ1n) is 11.4. The number of carbonyl (C=O) groups is 3. The van der Waals surface area contributed by atoms with Gasteiger partial charge in [0.05, 0.1) is 5.92 Å². The maximum Gasteiger partial charge on any atom is 0.253 e. The van der Waals surface area contributed by atoms with Crippen molar-refractivity contribution in [2.45, 2.75) is 51.5 Å². The number of benzene rings is 1. The summed E-state index contributed by atoms with van der Waals surface area (Å²) in [6.45, 7) is 5.90. The van der Waals surface area contributed by atoms with Crippen LogP contribution in [0, 0.1) is 5.92 Å². The van der Waals surface area contributed by atoms with Crippen LogP contribution in [0.3, 0.4) is 0 Å². The van der Waals surface area contributed by atoms with Gasteiger partial charge < -0.3 is 19.9 Å². The van der Waals surface area contributed by atoms with Gasteiger partial charge in [0.1, 0.15) is 6.61 Å². The van der Waals surface area contributed by atoms with E-state index in [2.05, 4.69) is 19.2 Å². The molecule has 7 heteroatoms. The normalized spacial score (nSPS) is 22.6. The van der Waals surface area contributed by atoms with Crippen molar-refractivity contribution < 1.29 is 19.1 Å². The van der Waals surface area contributed by atoms with Crippen molar-refractivity contribution in [2.24, 2.45) is 5.92 Å². The predicted octanol–water partition coefficient (Wildman–Crippen LogP) is 2.42. The number of fused-ring (bicyclic) bond motifs is 1. The van der Waals surface area contributed by atoms with Crippen LogP contribution >= 0.6 is 0 Å². The molecule has 7 nitrogen and oxygen atoms in total. The van der Waals surface area contributed by atoms with Crippen LogP contribution in [-0.2, 0) is 14.3 Å². The third kappa shape index (κ3) is 5.64. The average molecular weight is 430 g/mol. The Morgan fingerprint density at radius 3 is 2.48 bits per heavy atom. The zero-order valence-electron chi connectivity index (χ0n) is 18.9. The van der Waals surface area contributed by atoms with Gasteiger partial charge in [0.25, 0.3) is 5.91 Å². The molecule has 1 aliphatic heterocycles. The second-order valence-corrected chi connectivity index (χ2v) is 8.84. The molecule has 2 aliphatic rings. The Kier molecular flexibility index (Phi) is 8.07. The second kappa shape index (κ2) is 10.8. The number of carbonyl (C=O) groups excluding carboxylic acids is 3. The number of amides is 3. The monoisotopic (exact) mass is 429 g/mol. The summed E-state index contributed by atoms with van der Waals surface area (Å²) in [5.74, 6) is -0.0149. The molecule has 0 aromatic heterocycles. The molecular formula is C24H35N3O4. The minimum atomic E-state index is -0.194. The number of nitrogens with one attached hydrogen (secondary N) is 1. The van der Waals surface area contributed by atoms with E-state index in [1.807, 2.05) is 24.3 Å². The fourth-order valence-corrected chi connectivity index (χ4v) is 4.65. The van der Waals surface area contributed by atoms with Crippen LogP contribution in [0.5, 0.6) is 0 Å². The summed E-state index contributed by atoms with van der Waals surface area (Å²) in [6, 6.07) is 7.56. The molecule has 2 fully saturated rings. The molecule has 1 saturated heterocycles. The highest BCUT2D eigenvalue weighted by Crippen LogP contribution is 2.29. The van der Waals surface area contributed by atoms with Gasteiger partial charge in [0.2, 0.25) is 11.8 Å². The number of methoxy groups -OCH3 is 1. The lowest BCUT2D eigenvalue weighted by molar-refractivity contribution is -0.142. The van der Waals surface area contributed by atoms with Crippen molar-refractivity contribution in [1.29, 1.82) is 0 Å². The zero-order chi connectivity index (χ0) is 22.4. The predicted molar refractivity (Wildman–Crippen MR) is 119 cm³/mol. The summed E-state index contributed by atoms with van der Waals surface area (Å²) in [4.78, 5) is 42.4. The topological polar surface area (TPSA) is 79.0 Å². The Balaban J connectivity index is 1.80. The van der Waals surface area contributed by atoms with E-state index in [1.165, 1.54) is 12.7 Å². The fraction of sp³-hybridized carbons (Fsp3) is 0.625. The van der Waals surface area contributed by atoms with Gasteiger partial charge in [-0.05, 0) is 36.5 Å². The first-order chi connectivity index (χ1) is 14.9. The number of rotatable bonds is 4. The summed E-state index contributed by atoms with van der Waals surface area (Å²) in [5.41, 5.74) is 1.81. The summed E-state index contributed by atoms with van der Waals surface area (Å²) in [5, 5.41) is 3.00. The first-order valence-corrected chi connectivity index (χ1v) is 11.4. The van der Waals surface area contributed by atoms with Crippen molar-refractivity contribution in [3.63, 3.8) is 0 Å². The Morgan fingerprint density at radius 1 is 1.10 bits per heavy atom. The molecule has 0 unspecified atom stereocenters. The lowest BCUT2D eigenvalue weighted by atomic mass is 9.82. The number of hydrogen-bond donors (Lipinski definition) is 1. The minimum Gasteiger partial charge on any atom is -0.375 e. The lowest BCUT2D eigenvalue weighted by Crippen LogP contribution is -2.56. The van der Waals surface area contributed by atoms with Crippen LogP contribution in [0.1, 0.15) is 61.4 Å². The first kappa shape index (κ1) is 23.3. The van der Waals surface area contributed by atoms with E-state index in [0.29, 0.717) is 37.7 Å². The summed E-state index contributed by atoms with van der Waals surface area (Å²) >= 11 is 0. The maximum absolute atomic E-state index is 13.2. The third-order valence-corrected chi connectivity index (χ3v) is 6.46. The van der Waals surface area contributed by atoms with Crippen LogP contribution in [-0.4, -0.2) is 73.5 Å². The van der Waals surface area contributed by atoms with E-state index in [9.17, 15) is 14.4 Å². The number of hydrogen-bond acceptors (Lipinski definition) is 4. The summed E-state index contributed by atoms with van der Waals surface area (Å²) < 4.78 is 5.09. The molecule has 31 heavy (non-hydrogen) atoms. The molecule has 0 bridgehead atoms. The van der Waals surface area contributed by atoms with Gasteiger partial charge in [0, 0.05) is 44.9 Å². The fourth-order valence-electron chi connectivity index (χ4n) is 4.65. The van der Waals surface area contributed by atoms with Crippen LogP contribution < -0.4 is 5.32 Å². The van der Waals surface area contributed by atoms with Gasteiger partial charge in [-0.3, -0.25) is 14.4 Å². The van der Waals surface area contributed by atoms with Gasteiger partial charge in [-0.15, -0.1) is 0 Å². The zero-order valence-corrected chi connectivity index (χ0v) is 18.9. The Bertz CT molecular complexity index is 778. The Morgan fingerprint density at radius 2 is 1.81 bits per heavy atom. The molecule has 1 aliphatic carbocycles. The van der Waals surface area contributed by atoms with Crippen molar-refractivity contribution in [2.75, 3.05) is 39.9 Å². The average Bonchev–Trinajstić information content (AvgIpc) is 2.77. The molecule has 170 valence electrons. The number of nitrogens with zero attached hydrogens (tertiary/aromatic N) is 2. The molecule has 1 aromatic carbocycles. The van der Waals surface area contributed by atoms with Gasteiger partial charge in [-0.1, -0.05) is 38.8 Å². The molecule has 0 spiro atoms. The van der Waals surface area contributed by atoms with Crippen LogP contribution in [0.15, 0.2) is 24.3 Å². The van der Waals surface area contributed by atoms with E-state index in [1.54, 1.807) is 9.80 Å². The standard InChI is InChI=1S/C24H35N3O4/c1-17(2)18-8-10-19(11-9-18)24(30)26-13-12-25-23(29)20-6-4-5-7-21(20)27(15-14-26)22(28)16-31-3/h8-11,17,20-21H,4-7,12-16H2,1-3H3,(H,25,29)/t20-,21+/m0/s1. The van der Waals surface area contributed by atoms with Crippen molar-refractivity contribution >= 4 is 17.7 Å². The molecule has 1 aromatic rings. The molecular weight excluding hydrogens is 394 g/mol. The molecule has 1 heterocycles. The highest BCUT2D eigenvalue weighted by atomic mass is 16.5. The van der Waals surface area contributed by atoms with Gasteiger partial charge in [-0.2, -0.15) is 0 Å². The van der Waals surface area contributed by atoms with Crippen molar-refractivity contribution in [3.05, 3.63) is 35.4 Å². The Labute approximate surface area is 185 Å². The van der Waals surface area contributed by atoms with Gasteiger partial charge in [-0.25, -0.2) is 0 Å². The number of ether oxygens (including phenoxy) is 1. The van der Waals surface area contributed by atoms with Gasteiger partial charge >= 0.3 is 0 Å². The van der Waals surface area contributed by atoms with Crippen molar-refractivity contribution in [3.8, 4) is 0 Å². The maximum atomic E-state index is 13.2. The second-order valence-electron chi connectivity index (χ2n) is 8.84. The van der Waals surface area contributed by atoms with E-state index in [4.69, 9.17) is 4.74 Å². The molecule has 1 N–H and O–H groups in total. The molecule has 3 amide bonds. The van der Waals surface area contributed by atoms with Crippen LogP contribution in [0.4, 0.5) is 0 Å². The van der Waals surface area contributed by atoms with E-state index >= 15 is 0 Å². The van der Waals surface area contributed by atoms with Crippen LogP contribution in [0.2, 0.25) is 0 Å². The smallest absolute Gasteiger partial charge is 0.253 e. The molecule has 2 atom stereocenters. The highest BCUT2D eigenvalue weighted by Gasteiger charge is 2.37. The van der Waals surface area contributed by atoms with Gasteiger partial charge in [0.15, 0.2) is 0 Å². The van der Waals surface area contributed by atoms with E-state index in [-0.39, 0.29) is 36.3 Å². The lowest BCUT2D eigenvalue weighted by Gasteiger charge is -2.41. The third-order valence-electron chi connectivity index (χ3n) is 6.46. The molecule has 3 rings (SSSR count). The molecule has 0 radical (unpaired) electrons. The largest absolute Gasteiger partial charge is 0.375 e. The van der Waals surface area contributed by atoms with Crippen molar-refractivity contribution in [1.82, 2.24) is 15.1 Å². The quantitative estimate of drug-likeness (QED) is 0.797. The summed E-state index contributed by atoms with van der Waals surface area (Å²) in [7, 11) is 1.50.